The van der Waals surface area contributed by atoms with Gasteiger partial charge in [-0.1, -0.05) is 28.8 Å². The minimum Gasteiger partial charge on any atom is -0.481 e. The fourth-order valence-electron chi connectivity index (χ4n) is 1.62. The number of rotatable bonds is 5. The van der Waals surface area contributed by atoms with Crippen LogP contribution in [-0.2, 0) is 17.8 Å². The van der Waals surface area contributed by atoms with E-state index in [0.717, 1.165) is 17.1 Å². The molecule has 0 fully saturated rings. The second-order valence-electron chi connectivity index (χ2n) is 3.93. The molecule has 0 saturated heterocycles. The molecule has 0 aliphatic rings. The Balaban J connectivity index is 1.93. The average Bonchev–Trinajstić information content (AvgIpc) is 2.90. The minimum absolute atomic E-state index is 0.0712. The van der Waals surface area contributed by atoms with Gasteiger partial charge in [-0.3, -0.25) is 10.1 Å². The number of carbonyl (C=O) groups is 2. The summed E-state index contributed by atoms with van der Waals surface area (Å²) in [5, 5.41) is 18.2. The highest BCUT2D eigenvalue weighted by molar-refractivity contribution is 7.10. The van der Waals surface area contributed by atoms with Crippen LogP contribution in [-0.4, -0.2) is 26.7 Å². The van der Waals surface area contributed by atoms with Gasteiger partial charge in [0.1, 0.15) is 5.00 Å². The molecule has 0 saturated carbocycles. The third kappa shape index (κ3) is 4.02. The molecule has 8 heteroatoms. The molecule has 2 amide bonds. The summed E-state index contributed by atoms with van der Waals surface area (Å²) < 4.78 is 3.62. The Morgan fingerprint density at radius 2 is 2.00 bits per heavy atom. The lowest BCUT2D eigenvalue weighted by molar-refractivity contribution is -0.136. The summed E-state index contributed by atoms with van der Waals surface area (Å²) in [7, 11) is 0. The molecule has 0 bridgehead atoms. The van der Waals surface area contributed by atoms with Crippen molar-refractivity contribution in [1.29, 1.82) is 0 Å². The van der Waals surface area contributed by atoms with E-state index in [2.05, 4.69) is 20.2 Å². The lowest BCUT2D eigenvalue weighted by Crippen LogP contribution is -2.28. The summed E-state index contributed by atoms with van der Waals surface area (Å²) in [6.07, 6.45) is 1.38. The van der Waals surface area contributed by atoms with Crippen LogP contribution in [0.25, 0.3) is 0 Å². The number of aromatic nitrogens is 2. The van der Waals surface area contributed by atoms with E-state index in [1.807, 2.05) is 0 Å². The van der Waals surface area contributed by atoms with Crippen molar-refractivity contribution >= 4 is 28.5 Å². The van der Waals surface area contributed by atoms with Gasteiger partial charge in [0.25, 0.3) is 0 Å². The Bertz CT molecular complexity index is 601. The van der Waals surface area contributed by atoms with E-state index in [0.29, 0.717) is 10.6 Å². The molecule has 3 N–H and O–H groups in total. The van der Waals surface area contributed by atoms with Crippen LogP contribution in [0.15, 0.2) is 30.5 Å². The van der Waals surface area contributed by atoms with Crippen molar-refractivity contribution in [2.75, 3.05) is 5.32 Å². The first-order chi connectivity index (χ1) is 9.65. The molecule has 1 aromatic heterocycles. The quantitative estimate of drug-likeness (QED) is 0.774. The van der Waals surface area contributed by atoms with Crippen molar-refractivity contribution in [1.82, 2.24) is 14.9 Å². The molecule has 0 spiro atoms. The maximum atomic E-state index is 11.6. The number of nitrogens with one attached hydrogen (secondary N) is 2. The van der Waals surface area contributed by atoms with E-state index in [9.17, 15) is 9.59 Å². The number of carbonyl (C=O) groups excluding carboxylic acids is 1. The lowest BCUT2D eigenvalue weighted by Gasteiger charge is -2.09. The molecule has 0 atom stereocenters. The van der Waals surface area contributed by atoms with E-state index >= 15 is 0 Å². The van der Waals surface area contributed by atoms with Crippen molar-refractivity contribution in [3.8, 4) is 0 Å². The van der Waals surface area contributed by atoms with Gasteiger partial charge < -0.3 is 10.4 Å². The number of urea groups is 1. The zero-order valence-electron chi connectivity index (χ0n) is 10.4. The normalized spacial score (nSPS) is 10.0. The van der Waals surface area contributed by atoms with Gasteiger partial charge in [-0.2, -0.15) is 0 Å². The molecule has 0 aliphatic carbocycles. The SMILES string of the molecule is O=C(O)Cc1ccccc1CNC(=O)Nc1cnns1. The molecule has 20 heavy (non-hydrogen) atoms. The Morgan fingerprint density at radius 1 is 1.25 bits per heavy atom. The molecule has 2 aromatic rings. The van der Waals surface area contributed by atoms with Gasteiger partial charge >= 0.3 is 12.0 Å². The number of benzene rings is 1. The van der Waals surface area contributed by atoms with Crippen molar-refractivity contribution in [2.45, 2.75) is 13.0 Å². The summed E-state index contributed by atoms with van der Waals surface area (Å²) in [6, 6.07) is 6.70. The van der Waals surface area contributed by atoms with Crippen molar-refractivity contribution in [3.05, 3.63) is 41.6 Å². The number of anilines is 1. The number of hydrogen-bond acceptors (Lipinski definition) is 5. The van der Waals surface area contributed by atoms with Crippen LogP contribution in [0.1, 0.15) is 11.1 Å². The van der Waals surface area contributed by atoms with Crippen LogP contribution < -0.4 is 10.6 Å². The monoisotopic (exact) mass is 292 g/mol. The maximum absolute atomic E-state index is 11.6. The summed E-state index contributed by atoms with van der Waals surface area (Å²) in [6.45, 7) is 0.252. The molecule has 7 nitrogen and oxygen atoms in total. The fourth-order valence-corrected chi connectivity index (χ4v) is 2.03. The highest BCUT2D eigenvalue weighted by Gasteiger charge is 2.08. The van der Waals surface area contributed by atoms with Crippen molar-refractivity contribution < 1.29 is 14.7 Å². The van der Waals surface area contributed by atoms with E-state index in [4.69, 9.17) is 5.11 Å². The summed E-state index contributed by atoms with van der Waals surface area (Å²) in [5.41, 5.74) is 1.45. The number of amides is 2. The van der Waals surface area contributed by atoms with Gasteiger partial charge in [0.2, 0.25) is 0 Å². The Morgan fingerprint density at radius 3 is 2.65 bits per heavy atom. The largest absolute Gasteiger partial charge is 0.481 e. The van der Waals surface area contributed by atoms with Crippen molar-refractivity contribution in [3.63, 3.8) is 0 Å². The van der Waals surface area contributed by atoms with Gasteiger partial charge in [-0.15, -0.1) is 5.10 Å². The van der Waals surface area contributed by atoms with Crippen molar-refractivity contribution in [2.24, 2.45) is 0 Å². The third-order valence-electron chi connectivity index (χ3n) is 2.50. The third-order valence-corrected chi connectivity index (χ3v) is 3.08. The second-order valence-corrected chi connectivity index (χ2v) is 4.71. The number of carboxylic acids is 1. The molecule has 1 heterocycles. The molecular weight excluding hydrogens is 280 g/mol. The number of aliphatic carboxylic acids is 1. The molecule has 0 radical (unpaired) electrons. The Kier molecular flexibility index (Phi) is 4.61. The minimum atomic E-state index is -0.905. The van der Waals surface area contributed by atoms with Gasteiger partial charge in [-0.25, -0.2) is 4.79 Å². The zero-order valence-corrected chi connectivity index (χ0v) is 11.2. The first-order valence-corrected chi connectivity index (χ1v) is 6.53. The smallest absolute Gasteiger partial charge is 0.320 e. The van der Waals surface area contributed by atoms with E-state index in [-0.39, 0.29) is 19.0 Å². The van der Waals surface area contributed by atoms with E-state index in [1.165, 1.54) is 6.20 Å². The Hall–Kier alpha value is -2.48. The van der Waals surface area contributed by atoms with E-state index < -0.39 is 5.97 Å². The first-order valence-electron chi connectivity index (χ1n) is 5.76. The van der Waals surface area contributed by atoms with Gasteiger partial charge in [0.15, 0.2) is 0 Å². The average molecular weight is 292 g/mol. The molecule has 0 unspecified atom stereocenters. The van der Waals surface area contributed by atoms with Crippen LogP contribution in [0.3, 0.4) is 0 Å². The van der Waals surface area contributed by atoms with Gasteiger partial charge in [0, 0.05) is 18.1 Å². The molecule has 2 rings (SSSR count). The van der Waals surface area contributed by atoms with Crippen LogP contribution in [0, 0.1) is 0 Å². The number of hydrogen-bond donors (Lipinski definition) is 3. The summed E-state index contributed by atoms with van der Waals surface area (Å²) >= 11 is 1.07. The highest BCUT2D eigenvalue weighted by atomic mass is 32.1. The van der Waals surface area contributed by atoms with Gasteiger partial charge in [0.05, 0.1) is 12.6 Å². The predicted octanol–water partition coefficient (Wildman–Crippen LogP) is 1.49. The lowest BCUT2D eigenvalue weighted by atomic mass is 10.0. The van der Waals surface area contributed by atoms with Crippen LogP contribution >= 0.6 is 11.5 Å². The molecule has 1 aromatic carbocycles. The van der Waals surface area contributed by atoms with Crippen LogP contribution in [0.4, 0.5) is 9.80 Å². The standard InChI is InChI=1S/C12H12N4O3S/c17-11(18)5-8-3-1-2-4-9(8)6-13-12(19)15-10-7-14-16-20-10/h1-4,7H,5-6H2,(H,17,18)(H2,13,15,19). The Labute approximate surface area is 118 Å². The molecule has 104 valence electrons. The molecular formula is C12H12N4O3S. The second kappa shape index (κ2) is 6.62. The fraction of sp³-hybridized carbons (Fsp3) is 0.167. The van der Waals surface area contributed by atoms with Crippen LogP contribution in [0.2, 0.25) is 0 Å². The highest BCUT2D eigenvalue weighted by Crippen LogP contribution is 2.11. The molecule has 0 aliphatic heterocycles. The zero-order chi connectivity index (χ0) is 14.4. The summed E-state index contributed by atoms with van der Waals surface area (Å²) in [4.78, 5) is 22.4. The predicted molar refractivity (Wildman–Crippen MR) is 73.5 cm³/mol. The van der Waals surface area contributed by atoms with Gasteiger partial charge in [-0.05, 0) is 11.1 Å². The topological polar surface area (TPSA) is 104 Å². The number of nitrogens with zero attached hydrogens (tertiary/aromatic N) is 2. The number of carboxylic acid groups (broad SMARTS) is 1. The summed E-state index contributed by atoms with van der Waals surface area (Å²) in [5.74, 6) is -0.905. The maximum Gasteiger partial charge on any atom is 0.320 e. The van der Waals surface area contributed by atoms with E-state index in [1.54, 1.807) is 24.3 Å². The first kappa shape index (κ1) is 13.9. The van der Waals surface area contributed by atoms with Crippen LogP contribution in [0.5, 0.6) is 0 Å².